The summed E-state index contributed by atoms with van der Waals surface area (Å²) in [4.78, 5) is 12.1. The Morgan fingerprint density at radius 2 is 1.89 bits per heavy atom. The molecule has 0 saturated heterocycles. The van der Waals surface area contributed by atoms with E-state index in [1.807, 2.05) is 49.6 Å². The van der Waals surface area contributed by atoms with Gasteiger partial charge in [0.25, 0.3) is 0 Å². The first-order valence-corrected chi connectivity index (χ1v) is 9.17. The van der Waals surface area contributed by atoms with Crippen LogP contribution in [0.1, 0.15) is 61.3 Å². The monoisotopic (exact) mass is 365 g/mol. The van der Waals surface area contributed by atoms with Crippen LogP contribution in [-0.4, -0.2) is 31.4 Å². The van der Waals surface area contributed by atoms with Crippen molar-refractivity contribution >= 4 is 17.4 Å². The highest BCUT2D eigenvalue weighted by atomic mass is 16.6. The Hall–Kier alpha value is -2.96. The molecular weight excluding hydrogens is 342 g/mol. The number of esters is 1. The van der Waals surface area contributed by atoms with Crippen LogP contribution in [0, 0.1) is 0 Å². The van der Waals surface area contributed by atoms with Gasteiger partial charge in [0, 0.05) is 12.5 Å². The smallest absolute Gasteiger partial charge is 0.338 e. The molecule has 0 amide bonds. The lowest BCUT2D eigenvalue weighted by Gasteiger charge is -2.19. The van der Waals surface area contributed by atoms with Gasteiger partial charge < -0.3 is 10.1 Å². The number of rotatable bonds is 5. The molecule has 4 rings (SSSR count). The maximum atomic E-state index is 12.1. The lowest BCUT2D eigenvalue weighted by Crippen LogP contribution is -2.23. The van der Waals surface area contributed by atoms with Gasteiger partial charge in [-0.05, 0) is 63.4 Å². The highest BCUT2D eigenvalue weighted by molar-refractivity contribution is 5.89. The summed E-state index contributed by atoms with van der Waals surface area (Å²) in [7, 11) is 0. The molecule has 1 fully saturated rings. The lowest BCUT2D eigenvalue weighted by atomic mass is 10.1. The summed E-state index contributed by atoms with van der Waals surface area (Å²) >= 11 is 0. The molecule has 0 bridgehead atoms. The Balaban J connectivity index is 1.42. The van der Waals surface area contributed by atoms with E-state index in [4.69, 9.17) is 4.74 Å². The minimum atomic E-state index is -0.497. The molecule has 0 atom stereocenters. The quantitative estimate of drug-likeness (QED) is 0.696. The molecule has 140 valence electrons. The van der Waals surface area contributed by atoms with Crippen LogP contribution in [0.4, 0.5) is 5.82 Å². The minimum absolute atomic E-state index is 0.311. The summed E-state index contributed by atoms with van der Waals surface area (Å²) in [5, 5.41) is 16.3. The van der Waals surface area contributed by atoms with E-state index in [1.165, 1.54) is 0 Å². The fraction of sp³-hybridized carbons (Fsp3) is 0.400. The van der Waals surface area contributed by atoms with Crippen molar-refractivity contribution in [1.82, 2.24) is 19.8 Å². The second kappa shape index (κ2) is 6.64. The average molecular weight is 365 g/mol. The second-order valence-corrected chi connectivity index (χ2v) is 7.87. The topological polar surface area (TPSA) is 81.4 Å². The maximum Gasteiger partial charge on any atom is 0.338 e. The van der Waals surface area contributed by atoms with Crippen molar-refractivity contribution in [2.45, 2.75) is 51.7 Å². The number of aromatic nitrogens is 4. The van der Waals surface area contributed by atoms with Crippen molar-refractivity contribution in [1.29, 1.82) is 0 Å². The van der Waals surface area contributed by atoms with E-state index in [2.05, 4.69) is 20.6 Å². The lowest BCUT2D eigenvalue weighted by molar-refractivity contribution is 0.00695. The van der Waals surface area contributed by atoms with E-state index < -0.39 is 5.60 Å². The van der Waals surface area contributed by atoms with Crippen molar-refractivity contribution in [2.24, 2.45) is 0 Å². The number of carbonyl (C=O) groups is 1. The normalized spacial score (nSPS) is 14.3. The molecule has 3 aromatic rings. The van der Waals surface area contributed by atoms with Gasteiger partial charge in [0.1, 0.15) is 11.4 Å². The number of nitrogens with zero attached hydrogens (tertiary/aromatic N) is 4. The van der Waals surface area contributed by atoms with Crippen LogP contribution in [-0.2, 0) is 11.3 Å². The highest BCUT2D eigenvalue weighted by Gasteiger charge is 2.29. The summed E-state index contributed by atoms with van der Waals surface area (Å²) in [5.41, 5.74) is 1.87. The van der Waals surface area contributed by atoms with Crippen LogP contribution in [0.3, 0.4) is 0 Å². The van der Waals surface area contributed by atoms with Crippen LogP contribution < -0.4 is 5.32 Å². The SMILES string of the molecule is CC(C)(C)OC(=O)c1ccc(CNc2ccc3nnc(C4CC4)n3n2)cc1. The third kappa shape index (κ3) is 4.07. The minimum Gasteiger partial charge on any atom is -0.456 e. The van der Waals surface area contributed by atoms with Gasteiger partial charge in [-0.25, -0.2) is 4.79 Å². The fourth-order valence-electron chi connectivity index (χ4n) is 2.78. The van der Waals surface area contributed by atoms with Gasteiger partial charge in [0.2, 0.25) is 0 Å². The van der Waals surface area contributed by atoms with E-state index in [-0.39, 0.29) is 5.97 Å². The third-order valence-electron chi connectivity index (χ3n) is 4.29. The molecule has 1 aromatic carbocycles. The van der Waals surface area contributed by atoms with Gasteiger partial charge >= 0.3 is 5.97 Å². The largest absolute Gasteiger partial charge is 0.456 e. The molecule has 1 saturated carbocycles. The summed E-state index contributed by atoms with van der Waals surface area (Å²) < 4.78 is 7.21. The summed E-state index contributed by atoms with van der Waals surface area (Å²) in [6, 6.07) is 11.2. The molecule has 7 heteroatoms. The standard InChI is InChI=1S/C20H23N5O2/c1-20(2,3)27-19(26)15-6-4-13(5-7-15)12-21-16-10-11-17-22-23-18(14-8-9-14)25(17)24-16/h4-7,10-11,14H,8-9,12H2,1-3H3,(H,21,24). The highest BCUT2D eigenvalue weighted by Crippen LogP contribution is 2.38. The maximum absolute atomic E-state index is 12.1. The van der Waals surface area contributed by atoms with E-state index in [0.29, 0.717) is 18.0 Å². The molecular formula is C20H23N5O2. The van der Waals surface area contributed by atoms with Gasteiger partial charge in [-0.1, -0.05) is 12.1 Å². The molecule has 27 heavy (non-hydrogen) atoms. The number of benzene rings is 1. The Morgan fingerprint density at radius 1 is 1.15 bits per heavy atom. The zero-order valence-electron chi connectivity index (χ0n) is 15.8. The van der Waals surface area contributed by atoms with Crippen LogP contribution in [0.2, 0.25) is 0 Å². The van der Waals surface area contributed by atoms with Crippen LogP contribution in [0.15, 0.2) is 36.4 Å². The number of anilines is 1. The number of nitrogens with one attached hydrogen (secondary N) is 1. The Morgan fingerprint density at radius 3 is 2.56 bits per heavy atom. The molecule has 1 N–H and O–H groups in total. The Kier molecular flexibility index (Phi) is 4.30. The van der Waals surface area contributed by atoms with E-state index in [0.717, 1.165) is 35.7 Å². The van der Waals surface area contributed by atoms with Gasteiger partial charge in [0.15, 0.2) is 11.5 Å². The fourth-order valence-corrected chi connectivity index (χ4v) is 2.78. The zero-order valence-corrected chi connectivity index (χ0v) is 15.8. The predicted octanol–water partition coefficient (Wildman–Crippen LogP) is 3.57. The van der Waals surface area contributed by atoms with Gasteiger partial charge in [-0.3, -0.25) is 0 Å². The Labute approximate surface area is 157 Å². The number of carbonyl (C=O) groups excluding carboxylic acids is 1. The number of hydrogen-bond acceptors (Lipinski definition) is 6. The first kappa shape index (κ1) is 17.5. The van der Waals surface area contributed by atoms with E-state index in [1.54, 1.807) is 12.1 Å². The zero-order chi connectivity index (χ0) is 19.0. The predicted molar refractivity (Wildman–Crippen MR) is 102 cm³/mol. The van der Waals surface area contributed by atoms with Gasteiger partial charge in [-0.2, -0.15) is 4.52 Å². The van der Waals surface area contributed by atoms with Crippen LogP contribution in [0.5, 0.6) is 0 Å². The van der Waals surface area contributed by atoms with Gasteiger partial charge in [0.05, 0.1) is 5.56 Å². The molecule has 0 aliphatic heterocycles. The molecule has 2 heterocycles. The summed E-state index contributed by atoms with van der Waals surface area (Å²) in [6.07, 6.45) is 2.31. The van der Waals surface area contributed by atoms with E-state index >= 15 is 0 Å². The van der Waals surface area contributed by atoms with Crippen molar-refractivity contribution in [2.75, 3.05) is 5.32 Å². The number of hydrogen-bond donors (Lipinski definition) is 1. The third-order valence-corrected chi connectivity index (χ3v) is 4.29. The molecule has 1 aliphatic carbocycles. The van der Waals surface area contributed by atoms with Crippen molar-refractivity contribution in [3.63, 3.8) is 0 Å². The molecule has 1 aliphatic rings. The molecule has 2 aromatic heterocycles. The number of fused-ring (bicyclic) bond motifs is 1. The summed E-state index contributed by atoms with van der Waals surface area (Å²) in [6.45, 7) is 6.18. The van der Waals surface area contributed by atoms with Gasteiger partial charge in [-0.15, -0.1) is 15.3 Å². The Bertz CT molecular complexity index is 968. The average Bonchev–Trinajstić information content (AvgIpc) is 3.38. The van der Waals surface area contributed by atoms with E-state index in [9.17, 15) is 4.79 Å². The number of ether oxygens (including phenoxy) is 1. The van der Waals surface area contributed by atoms with Crippen molar-refractivity contribution in [3.8, 4) is 0 Å². The molecule has 0 radical (unpaired) electrons. The molecule has 0 spiro atoms. The molecule has 7 nitrogen and oxygen atoms in total. The first-order chi connectivity index (χ1) is 12.9. The molecule has 0 unspecified atom stereocenters. The second-order valence-electron chi connectivity index (χ2n) is 7.87. The summed E-state index contributed by atoms with van der Waals surface area (Å²) in [5.74, 6) is 1.88. The first-order valence-electron chi connectivity index (χ1n) is 9.17. The van der Waals surface area contributed by atoms with Crippen LogP contribution in [0.25, 0.3) is 5.65 Å². The van der Waals surface area contributed by atoms with Crippen LogP contribution >= 0.6 is 0 Å². The van der Waals surface area contributed by atoms with Crippen molar-refractivity contribution < 1.29 is 9.53 Å². The van der Waals surface area contributed by atoms with Crippen molar-refractivity contribution in [3.05, 3.63) is 53.3 Å².